The zero-order valence-corrected chi connectivity index (χ0v) is 18.9. The zero-order valence-electron chi connectivity index (χ0n) is 14.9. The van der Waals surface area contributed by atoms with Crippen molar-refractivity contribution in [2.45, 2.75) is 24.8 Å². The molecule has 0 fully saturated rings. The predicted octanol–water partition coefficient (Wildman–Crippen LogP) is 1.89. The molecule has 10 heteroatoms. The van der Waals surface area contributed by atoms with Crippen molar-refractivity contribution in [3.8, 4) is 0 Å². The second-order valence-corrected chi connectivity index (χ2v) is 8.53. The summed E-state index contributed by atoms with van der Waals surface area (Å²) in [5.41, 5.74) is 0.856. The van der Waals surface area contributed by atoms with Crippen LogP contribution in [-0.4, -0.2) is 40.0 Å². The van der Waals surface area contributed by atoms with Gasteiger partial charge in [0.2, 0.25) is 10.0 Å². The van der Waals surface area contributed by atoms with Gasteiger partial charge in [0.25, 0.3) is 0 Å². The van der Waals surface area contributed by atoms with Gasteiger partial charge >= 0.3 is 0 Å². The van der Waals surface area contributed by atoms with E-state index in [1.54, 1.807) is 36.6 Å². The van der Waals surface area contributed by atoms with Crippen molar-refractivity contribution in [2.75, 3.05) is 20.6 Å². The van der Waals surface area contributed by atoms with Crippen LogP contribution >= 0.6 is 35.3 Å². The Kier molecular flexibility index (Phi) is 9.47. The Labute approximate surface area is 175 Å². The molecule has 0 aliphatic heterocycles. The van der Waals surface area contributed by atoms with Gasteiger partial charge in [0.05, 0.1) is 9.90 Å². The summed E-state index contributed by atoms with van der Waals surface area (Å²) in [6, 6.07) is 6.80. The second-order valence-electron chi connectivity index (χ2n) is 5.32. The molecule has 1 aromatic heterocycles. The van der Waals surface area contributed by atoms with E-state index in [4.69, 9.17) is 0 Å². The van der Waals surface area contributed by atoms with E-state index < -0.39 is 10.0 Å². The fourth-order valence-electron chi connectivity index (χ4n) is 2.15. The normalized spacial score (nSPS) is 11.7. The maximum atomic E-state index is 11.9. The van der Waals surface area contributed by atoms with E-state index >= 15 is 0 Å². The molecule has 0 unspecified atom stereocenters. The number of aryl methyl sites for hydroxylation is 1. The van der Waals surface area contributed by atoms with Gasteiger partial charge < -0.3 is 10.6 Å². The standard InChI is InChI=1S/C16H23N5O2S2.HI/c1-12-10-20-15(24-12)7-8-19-16(17-2)21-11-13-5-4-6-14(9-13)25(22,23)18-3;/h4-6,9-10,18H,7-8,11H2,1-3H3,(H2,17,19,21);1H. The van der Waals surface area contributed by atoms with E-state index in [9.17, 15) is 8.42 Å². The van der Waals surface area contributed by atoms with Crippen LogP contribution in [0.5, 0.6) is 0 Å². The number of guanidine groups is 1. The summed E-state index contributed by atoms with van der Waals surface area (Å²) in [4.78, 5) is 9.95. The summed E-state index contributed by atoms with van der Waals surface area (Å²) >= 11 is 1.69. The molecule has 0 amide bonds. The van der Waals surface area contributed by atoms with Gasteiger partial charge in [0.1, 0.15) is 0 Å². The van der Waals surface area contributed by atoms with Gasteiger partial charge in [-0.05, 0) is 31.7 Å². The predicted molar refractivity (Wildman–Crippen MR) is 117 cm³/mol. The number of thiazole rings is 1. The number of benzene rings is 1. The van der Waals surface area contributed by atoms with Gasteiger partial charge in [0.15, 0.2) is 5.96 Å². The third-order valence-electron chi connectivity index (χ3n) is 3.46. The Morgan fingerprint density at radius 3 is 2.69 bits per heavy atom. The summed E-state index contributed by atoms with van der Waals surface area (Å²) in [5.74, 6) is 0.662. The van der Waals surface area contributed by atoms with Crippen LogP contribution in [0, 0.1) is 6.92 Å². The molecule has 0 aliphatic rings. The minimum Gasteiger partial charge on any atom is -0.356 e. The van der Waals surface area contributed by atoms with Crippen LogP contribution in [0.3, 0.4) is 0 Å². The highest BCUT2D eigenvalue weighted by Gasteiger charge is 2.11. The molecule has 0 atom stereocenters. The van der Waals surface area contributed by atoms with Crippen molar-refractivity contribution in [2.24, 2.45) is 4.99 Å². The van der Waals surface area contributed by atoms with Gasteiger partial charge in [0, 0.05) is 37.6 Å². The molecular weight excluding hydrogens is 485 g/mol. The number of hydrogen-bond acceptors (Lipinski definition) is 5. The lowest BCUT2D eigenvalue weighted by molar-refractivity contribution is 0.588. The van der Waals surface area contributed by atoms with E-state index in [1.165, 1.54) is 11.9 Å². The molecule has 7 nitrogen and oxygen atoms in total. The average molecular weight is 509 g/mol. The van der Waals surface area contributed by atoms with Gasteiger partial charge in [-0.25, -0.2) is 18.1 Å². The van der Waals surface area contributed by atoms with Crippen LogP contribution in [0.1, 0.15) is 15.4 Å². The molecule has 2 aromatic rings. The lowest BCUT2D eigenvalue weighted by Gasteiger charge is -2.12. The molecule has 2 rings (SSSR count). The van der Waals surface area contributed by atoms with E-state index in [0.29, 0.717) is 12.5 Å². The molecule has 1 aromatic carbocycles. The first-order chi connectivity index (χ1) is 11.9. The van der Waals surface area contributed by atoms with Crippen molar-refractivity contribution < 1.29 is 8.42 Å². The molecule has 144 valence electrons. The number of halogens is 1. The first-order valence-corrected chi connectivity index (χ1v) is 10.1. The van der Waals surface area contributed by atoms with Crippen LogP contribution in [-0.2, 0) is 23.0 Å². The first kappa shape index (κ1) is 22.8. The Morgan fingerprint density at radius 1 is 1.31 bits per heavy atom. The van der Waals surface area contributed by atoms with E-state index in [1.807, 2.05) is 19.2 Å². The van der Waals surface area contributed by atoms with Crippen molar-refractivity contribution >= 4 is 51.3 Å². The van der Waals surface area contributed by atoms with Crippen LogP contribution in [0.15, 0.2) is 40.4 Å². The molecule has 26 heavy (non-hydrogen) atoms. The molecule has 3 N–H and O–H groups in total. The number of rotatable bonds is 7. The van der Waals surface area contributed by atoms with Crippen molar-refractivity contribution in [3.05, 3.63) is 45.9 Å². The number of sulfonamides is 1. The molecule has 0 aliphatic carbocycles. The highest BCUT2D eigenvalue weighted by atomic mass is 127. The van der Waals surface area contributed by atoms with Crippen molar-refractivity contribution in [1.82, 2.24) is 20.3 Å². The fourth-order valence-corrected chi connectivity index (χ4v) is 3.74. The van der Waals surface area contributed by atoms with Crippen LogP contribution in [0.2, 0.25) is 0 Å². The maximum absolute atomic E-state index is 11.9. The number of nitrogens with zero attached hydrogens (tertiary/aromatic N) is 2. The van der Waals surface area contributed by atoms with Gasteiger partial charge in [-0.1, -0.05) is 12.1 Å². The Morgan fingerprint density at radius 2 is 2.08 bits per heavy atom. The van der Waals surface area contributed by atoms with E-state index in [-0.39, 0.29) is 28.9 Å². The number of nitrogens with one attached hydrogen (secondary N) is 3. The first-order valence-electron chi connectivity index (χ1n) is 7.83. The summed E-state index contributed by atoms with van der Waals surface area (Å²) in [7, 11) is -0.339. The quantitative estimate of drug-likeness (QED) is 0.301. The SMILES string of the molecule is CN=C(NCCc1ncc(C)s1)NCc1cccc(S(=O)(=O)NC)c1.I. The Hall–Kier alpha value is -1.24. The Bertz CT molecular complexity index is 837. The highest BCUT2D eigenvalue weighted by Crippen LogP contribution is 2.12. The smallest absolute Gasteiger partial charge is 0.240 e. The van der Waals surface area contributed by atoms with Crippen LogP contribution in [0.25, 0.3) is 0 Å². The van der Waals surface area contributed by atoms with Crippen molar-refractivity contribution in [3.63, 3.8) is 0 Å². The van der Waals surface area contributed by atoms with Crippen LogP contribution in [0.4, 0.5) is 0 Å². The fraction of sp³-hybridized carbons (Fsp3) is 0.375. The number of aliphatic imine (C=N–C) groups is 1. The molecular formula is C16H24IN5O2S2. The van der Waals surface area contributed by atoms with Gasteiger partial charge in [-0.3, -0.25) is 4.99 Å². The maximum Gasteiger partial charge on any atom is 0.240 e. The topological polar surface area (TPSA) is 95.5 Å². The van der Waals surface area contributed by atoms with Crippen molar-refractivity contribution in [1.29, 1.82) is 0 Å². The lowest BCUT2D eigenvalue weighted by Crippen LogP contribution is -2.37. The largest absolute Gasteiger partial charge is 0.356 e. The second kappa shape index (κ2) is 10.8. The van der Waals surface area contributed by atoms with E-state index in [2.05, 4.69) is 25.3 Å². The average Bonchev–Trinajstić information content (AvgIpc) is 3.03. The number of aromatic nitrogens is 1. The van der Waals surface area contributed by atoms with E-state index in [0.717, 1.165) is 23.5 Å². The van der Waals surface area contributed by atoms with Gasteiger partial charge in [-0.2, -0.15) is 0 Å². The highest BCUT2D eigenvalue weighted by molar-refractivity contribution is 14.0. The molecule has 0 spiro atoms. The third kappa shape index (κ3) is 6.82. The zero-order chi connectivity index (χ0) is 18.3. The summed E-state index contributed by atoms with van der Waals surface area (Å²) in [6.07, 6.45) is 2.70. The molecule has 0 radical (unpaired) electrons. The minimum absolute atomic E-state index is 0. The monoisotopic (exact) mass is 509 g/mol. The summed E-state index contributed by atoms with van der Waals surface area (Å²) in [5, 5.41) is 7.50. The molecule has 0 saturated heterocycles. The third-order valence-corrected chi connectivity index (χ3v) is 5.85. The molecule has 0 bridgehead atoms. The summed E-state index contributed by atoms with van der Waals surface area (Å²) < 4.78 is 26.0. The van der Waals surface area contributed by atoms with Crippen LogP contribution < -0.4 is 15.4 Å². The minimum atomic E-state index is -3.44. The van der Waals surface area contributed by atoms with Gasteiger partial charge in [-0.15, -0.1) is 35.3 Å². The summed E-state index contributed by atoms with van der Waals surface area (Å²) in [6.45, 7) is 3.24. The molecule has 1 heterocycles. The Balaban J connectivity index is 0.00000338. The molecule has 0 saturated carbocycles. The number of hydrogen-bond donors (Lipinski definition) is 3. The lowest BCUT2D eigenvalue weighted by atomic mass is 10.2.